The zero-order valence-corrected chi connectivity index (χ0v) is 12.9. The third kappa shape index (κ3) is 3.99. The lowest BCUT2D eigenvalue weighted by molar-refractivity contribution is 0.429. The second-order valence-corrected chi connectivity index (χ2v) is 6.34. The molecule has 0 aliphatic carbocycles. The second kappa shape index (κ2) is 6.19. The largest absolute Gasteiger partial charge is 0.508 e. The number of phenolic OH excluding ortho intramolecular Hbond substituents is 2. The van der Waals surface area contributed by atoms with Gasteiger partial charge in [0.15, 0.2) is 0 Å². The summed E-state index contributed by atoms with van der Waals surface area (Å²) in [6, 6.07) is 13.4. The molecule has 3 N–H and O–H groups in total. The van der Waals surface area contributed by atoms with Crippen LogP contribution in [0.2, 0.25) is 0 Å². The summed E-state index contributed by atoms with van der Waals surface area (Å²) in [4.78, 5) is 0. The molecule has 0 heterocycles. The van der Waals surface area contributed by atoms with Gasteiger partial charge in [0.05, 0.1) is 0 Å². The molecule has 0 amide bonds. The molecule has 21 heavy (non-hydrogen) atoms. The van der Waals surface area contributed by atoms with Gasteiger partial charge in [-0.3, -0.25) is 0 Å². The number of nitrogens with one attached hydrogen (secondary N) is 1. The number of rotatable bonds is 4. The van der Waals surface area contributed by atoms with E-state index >= 15 is 0 Å². The summed E-state index contributed by atoms with van der Waals surface area (Å²) >= 11 is 0. The van der Waals surface area contributed by atoms with Crippen LogP contribution in [-0.4, -0.2) is 10.2 Å². The molecule has 0 bridgehead atoms. The maximum atomic E-state index is 10.1. The highest BCUT2D eigenvalue weighted by molar-refractivity contribution is 5.47. The van der Waals surface area contributed by atoms with Gasteiger partial charge in [-0.2, -0.15) is 0 Å². The molecule has 0 aliphatic heterocycles. The summed E-state index contributed by atoms with van der Waals surface area (Å²) in [5.41, 5.74) is 2.45. The first-order valence-corrected chi connectivity index (χ1v) is 7.18. The molecule has 0 radical (unpaired) electrons. The Bertz CT molecular complexity index is 601. The van der Waals surface area contributed by atoms with Crippen molar-refractivity contribution in [2.24, 2.45) is 0 Å². The lowest BCUT2D eigenvalue weighted by Crippen LogP contribution is -2.14. The molecule has 0 atom stereocenters. The quantitative estimate of drug-likeness (QED) is 0.751. The van der Waals surface area contributed by atoms with Gasteiger partial charge in [0, 0.05) is 24.2 Å². The Kier molecular flexibility index (Phi) is 4.53. The van der Waals surface area contributed by atoms with Crippen molar-refractivity contribution in [2.45, 2.75) is 39.3 Å². The van der Waals surface area contributed by atoms with E-state index in [0.29, 0.717) is 12.1 Å². The van der Waals surface area contributed by atoms with Gasteiger partial charge in [-0.1, -0.05) is 51.1 Å². The Morgan fingerprint density at radius 1 is 0.905 bits per heavy atom. The molecule has 0 aliphatic rings. The van der Waals surface area contributed by atoms with Crippen LogP contribution in [-0.2, 0) is 18.5 Å². The average molecular weight is 285 g/mol. The maximum absolute atomic E-state index is 10.1. The summed E-state index contributed by atoms with van der Waals surface area (Å²) in [7, 11) is 0. The van der Waals surface area contributed by atoms with Crippen LogP contribution in [0, 0.1) is 0 Å². The van der Waals surface area contributed by atoms with Gasteiger partial charge in [-0.15, -0.1) is 0 Å². The van der Waals surface area contributed by atoms with Crippen LogP contribution in [0.5, 0.6) is 11.5 Å². The van der Waals surface area contributed by atoms with Crippen molar-refractivity contribution in [3.63, 3.8) is 0 Å². The SMILES string of the molecule is CC(C)(C)c1cc(O)c(CNCc2ccccc2)cc1O. The van der Waals surface area contributed by atoms with Gasteiger partial charge in [0.1, 0.15) is 11.5 Å². The number of aromatic hydroxyl groups is 2. The van der Waals surface area contributed by atoms with E-state index in [4.69, 9.17) is 0 Å². The van der Waals surface area contributed by atoms with Crippen LogP contribution in [0.25, 0.3) is 0 Å². The predicted molar refractivity (Wildman–Crippen MR) is 85.5 cm³/mol. The normalized spacial score (nSPS) is 11.6. The second-order valence-electron chi connectivity index (χ2n) is 6.34. The average Bonchev–Trinajstić information content (AvgIpc) is 2.42. The van der Waals surface area contributed by atoms with Gasteiger partial charge in [-0.25, -0.2) is 0 Å². The highest BCUT2D eigenvalue weighted by Gasteiger charge is 2.20. The molecule has 2 rings (SSSR count). The Morgan fingerprint density at radius 2 is 1.57 bits per heavy atom. The van der Waals surface area contributed by atoms with Crippen molar-refractivity contribution < 1.29 is 10.2 Å². The molecule has 0 saturated heterocycles. The molecule has 3 heteroatoms. The first-order chi connectivity index (χ1) is 9.88. The summed E-state index contributed by atoms with van der Waals surface area (Å²) in [5.74, 6) is 0.454. The molecule has 0 unspecified atom stereocenters. The molecule has 2 aromatic rings. The number of hydrogen-bond acceptors (Lipinski definition) is 3. The van der Waals surface area contributed by atoms with E-state index in [9.17, 15) is 10.2 Å². The number of benzene rings is 2. The Balaban J connectivity index is 2.06. The summed E-state index contributed by atoms with van der Waals surface area (Å²) < 4.78 is 0. The van der Waals surface area contributed by atoms with Gasteiger partial charge >= 0.3 is 0 Å². The van der Waals surface area contributed by atoms with E-state index in [1.54, 1.807) is 12.1 Å². The van der Waals surface area contributed by atoms with Crippen molar-refractivity contribution in [2.75, 3.05) is 0 Å². The zero-order chi connectivity index (χ0) is 15.5. The van der Waals surface area contributed by atoms with Crippen LogP contribution in [0.15, 0.2) is 42.5 Å². The van der Waals surface area contributed by atoms with Crippen LogP contribution in [0.3, 0.4) is 0 Å². The molecule has 3 nitrogen and oxygen atoms in total. The highest BCUT2D eigenvalue weighted by atomic mass is 16.3. The monoisotopic (exact) mass is 285 g/mol. The molecule has 112 valence electrons. The van der Waals surface area contributed by atoms with Crippen molar-refractivity contribution in [1.29, 1.82) is 0 Å². The lowest BCUT2D eigenvalue weighted by Gasteiger charge is -2.21. The van der Waals surface area contributed by atoms with Crippen molar-refractivity contribution in [3.05, 3.63) is 59.2 Å². The number of hydrogen-bond donors (Lipinski definition) is 3. The Morgan fingerprint density at radius 3 is 2.19 bits per heavy atom. The first-order valence-electron chi connectivity index (χ1n) is 7.18. The Labute approximate surface area is 126 Å². The van der Waals surface area contributed by atoms with Crippen LogP contribution < -0.4 is 5.32 Å². The van der Waals surface area contributed by atoms with Crippen LogP contribution in [0.1, 0.15) is 37.5 Å². The fourth-order valence-corrected chi connectivity index (χ4v) is 2.30. The topological polar surface area (TPSA) is 52.5 Å². The highest BCUT2D eigenvalue weighted by Crippen LogP contribution is 2.35. The summed E-state index contributed by atoms with van der Waals surface area (Å²) in [6.07, 6.45) is 0. The van der Waals surface area contributed by atoms with E-state index < -0.39 is 0 Å². The molecule has 0 fully saturated rings. The van der Waals surface area contributed by atoms with E-state index in [1.807, 2.05) is 51.1 Å². The third-order valence-electron chi connectivity index (χ3n) is 3.49. The summed E-state index contributed by atoms with van der Waals surface area (Å²) in [5, 5.41) is 23.5. The van der Waals surface area contributed by atoms with Gasteiger partial charge < -0.3 is 15.5 Å². The lowest BCUT2D eigenvalue weighted by atomic mass is 9.85. The van der Waals surface area contributed by atoms with Gasteiger partial charge in [0.2, 0.25) is 0 Å². The van der Waals surface area contributed by atoms with Crippen LogP contribution in [0.4, 0.5) is 0 Å². The molecule has 0 spiro atoms. The van der Waals surface area contributed by atoms with Crippen molar-refractivity contribution >= 4 is 0 Å². The smallest absolute Gasteiger partial charge is 0.120 e. The van der Waals surface area contributed by atoms with Crippen molar-refractivity contribution in [1.82, 2.24) is 5.32 Å². The Hall–Kier alpha value is -2.00. The maximum Gasteiger partial charge on any atom is 0.120 e. The minimum Gasteiger partial charge on any atom is -0.508 e. The fourth-order valence-electron chi connectivity index (χ4n) is 2.30. The van der Waals surface area contributed by atoms with Gasteiger partial charge in [0.25, 0.3) is 0 Å². The molecule has 0 aromatic heterocycles. The van der Waals surface area contributed by atoms with Crippen molar-refractivity contribution in [3.8, 4) is 11.5 Å². The predicted octanol–water partition coefficient (Wildman–Crippen LogP) is 3.69. The van der Waals surface area contributed by atoms with E-state index in [1.165, 1.54) is 5.56 Å². The molecular formula is C18H23NO2. The third-order valence-corrected chi connectivity index (χ3v) is 3.49. The van der Waals surface area contributed by atoms with Gasteiger partial charge in [-0.05, 0) is 23.1 Å². The number of phenols is 2. The minimum atomic E-state index is -0.197. The summed E-state index contributed by atoms with van der Waals surface area (Å²) in [6.45, 7) is 7.26. The standard InChI is InChI=1S/C18H23NO2/c1-18(2,3)15-10-16(20)14(9-17(15)21)12-19-11-13-7-5-4-6-8-13/h4-10,19-21H,11-12H2,1-3H3. The molecule has 0 saturated carbocycles. The van der Waals surface area contributed by atoms with E-state index in [0.717, 1.165) is 12.1 Å². The fraction of sp³-hybridized carbons (Fsp3) is 0.333. The zero-order valence-electron chi connectivity index (χ0n) is 12.9. The van der Waals surface area contributed by atoms with E-state index in [2.05, 4.69) is 5.32 Å². The molecule has 2 aromatic carbocycles. The minimum absolute atomic E-state index is 0.197. The molecular weight excluding hydrogens is 262 g/mol. The first kappa shape index (κ1) is 15.4. The van der Waals surface area contributed by atoms with E-state index in [-0.39, 0.29) is 16.9 Å². The van der Waals surface area contributed by atoms with Crippen LogP contribution >= 0.6 is 0 Å².